The first kappa shape index (κ1) is 13.9. The monoisotopic (exact) mass is 200 g/mol. The van der Waals surface area contributed by atoms with Crippen LogP contribution >= 0.6 is 0 Å². The summed E-state index contributed by atoms with van der Waals surface area (Å²) in [5.74, 6) is 0. The molecule has 0 heterocycles. The molecule has 86 valence electrons. The molecule has 0 unspecified atom stereocenters. The van der Waals surface area contributed by atoms with Crippen molar-refractivity contribution in [2.75, 3.05) is 28.2 Å². The lowest BCUT2D eigenvalue weighted by atomic mass is 9.89. The van der Waals surface area contributed by atoms with Crippen LogP contribution in [0.3, 0.4) is 0 Å². The third-order valence-corrected chi connectivity index (χ3v) is 3.02. The van der Waals surface area contributed by atoms with E-state index >= 15 is 0 Å². The molecular weight excluding hydrogens is 172 g/mol. The van der Waals surface area contributed by atoms with Crippen LogP contribution in [0.15, 0.2) is 0 Å². The van der Waals surface area contributed by atoms with E-state index in [0.29, 0.717) is 0 Å². The van der Waals surface area contributed by atoms with E-state index in [0.717, 1.165) is 12.1 Å². The van der Waals surface area contributed by atoms with Crippen LogP contribution in [0.4, 0.5) is 0 Å². The van der Waals surface area contributed by atoms with Crippen molar-refractivity contribution < 1.29 is 0 Å². The van der Waals surface area contributed by atoms with Crippen LogP contribution in [0.5, 0.6) is 0 Å². The number of likely N-dealkylation sites (N-methyl/N-ethyl adjacent to an activating group) is 2. The number of hydrogen-bond donors (Lipinski definition) is 0. The molecule has 0 amide bonds. The summed E-state index contributed by atoms with van der Waals surface area (Å²) >= 11 is 0. The highest BCUT2D eigenvalue weighted by Crippen LogP contribution is 2.24. The lowest BCUT2D eigenvalue weighted by Gasteiger charge is -2.39. The molecule has 0 bridgehead atoms. The second-order valence-electron chi connectivity index (χ2n) is 4.35. The maximum Gasteiger partial charge on any atom is 0.0245 e. The molecule has 0 aromatic rings. The topological polar surface area (TPSA) is 6.48 Å². The maximum absolute atomic E-state index is 2.38. The van der Waals surface area contributed by atoms with Crippen LogP contribution < -0.4 is 0 Å². The normalized spacial score (nSPS) is 27.4. The van der Waals surface area contributed by atoms with Gasteiger partial charge in [-0.1, -0.05) is 26.7 Å². The highest BCUT2D eigenvalue weighted by atomic mass is 15.2. The Kier molecular flexibility index (Phi) is 7.20. The van der Waals surface area contributed by atoms with Crippen LogP contribution in [0, 0.1) is 0 Å². The fourth-order valence-electron chi connectivity index (χ4n) is 2.30. The molecule has 2 atom stereocenters. The molecule has 1 fully saturated rings. The van der Waals surface area contributed by atoms with E-state index in [9.17, 15) is 0 Å². The van der Waals surface area contributed by atoms with Crippen molar-refractivity contribution in [3.63, 3.8) is 0 Å². The third-order valence-electron chi connectivity index (χ3n) is 3.02. The first-order valence-electron chi connectivity index (χ1n) is 5.96. The van der Waals surface area contributed by atoms with Gasteiger partial charge in [0.05, 0.1) is 0 Å². The zero-order chi connectivity index (χ0) is 11.1. The highest BCUT2D eigenvalue weighted by molar-refractivity contribution is 4.85. The molecule has 0 aliphatic heterocycles. The average molecular weight is 200 g/mol. The predicted molar refractivity (Wildman–Crippen MR) is 64.8 cm³/mol. The van der Waals surface area contributed by atoms with Crippen LogP contribution in [-0.2, 0) is 0 Å². The molecule has 0 aromatic carbocycles. The molecule has 1 saturated carbocycles. The minimum atomic E-state index is 0.772. The van der Waals surface area contributed by atoms with Crippen molar-refractivity contribution in [2.24, 2.45) is 0 Å². The Bertz CT molecular complexity index is 116. The van der Waals surface area contributed by atoms with Crippen molar-refractivity contribution in [3.8, 4) is 0 Å². The van der Waals surface area contributed by atoms with Gasteiger partial charge in [-0.15, -0.1) is 0 Å². The molecule has 1 aliphatic rings. The van der Waals surface area contributed by atoms with Crippen LogP contribution in [-0.4, -0.2) is 50.1 Å². The fraction of sp³-hybridized carbons (Fsp3) is 1.00. The first-order valence-corrected chi connectivity index (χ1v) is 5.96. The van der Waals surface area contributed by atoms with Crippen molar-refractivity contribution in [1.29, 1.82) is 0 Å². The molecule has 0 N–H and O–H groups in total. The van der Waals surface area contributed by atoms with Gasteiger partial charge < -0.3 is 9.80 Å². The Morgan fingerprint density at radius 1 is 0.714 bits per heavy atom. The fourth-order valence-corrected chi connectivity index (χ4v) is 2.30. The van der Waals surface area contributed by atoms with Crippen molar-refractivity contribution in [1.82, 2.24) is 9.80 Å². The Morgan fingerprint density at radius 3 is 1.21 bits per heavy atom. The van der Waals surface area contributed by atoms with E-state index in [-0.39, 0.29) is 0 Å². The summed E-state index contributed by atoms with van der Waals surface area (Å²) < 4.78 is 0. The van der Waals surface area contributed by atoms with Gasteiger partial charge in [-0.25, -0.2) is 0 Å². The van der Waals surface area contributed by atoms with Crippen LogP contribution in [0.1, 0.15) is 39.5 Å². The summed E-state index contributed by atoms with van der Waals surface area (Å²) in [5.41, 5.74) is 0. The zero-order valence-electron chi connectivity index (χ0n) is 10.9. The largest absolute Gasteiger partial charge is 0.305 e. The molecule has 0 aromatic heterocycles. The minimum Gasteiger partial charge on any atom is -0.305 e. The van der Waals surface area contributed by atoms with Gasteiger partial charge in [0.2, 0.25) is 0 Å². The summed E-state index contributed by atoms with van der Waals surface area (Å²) in [6, 6.07) is 1.54. The lowest BCUT2D eigenvalue weighted by molar-refractivity contribution is 0.110. The van der Waals surface area contributed by atoms with Gasteiger partial charge in [0.15, 0.2) is 0 Å². The Labute approximate surface area is 90.3 Å². The summed E-state index contributed by atoms with van der Waals surface area (Å²) in [6.45, 7) is 4.00. The second-order valence-corrected chi connectivity index (χ2v) is 4.35. The van der Waals surface area contributed by atoms with E-state index < -0.39 is 0 Å². The summed E-state index contributed by atoms with van der Waals surface area (Å²) in [7, 11) is 8.80. The average Bonchev–Trinajstić information content (AvgIpc) is 2.20. The quantitative estimate of drug-likeness (QED) is 0.675. The molecule has 0 spiro atoms. The maximum atomic E-state index is 2.38. The summed E-state index contributed by atoms with van der Waals surface area (Å²) in [4.78, 5) is 4.76. The van der Waals surface area contributed by atoms with Gasteiger partial charge in [0.1, 0.15) is 0 Å². The van der Waals surface area contributed by atoms with Crippen molar-refractivity contribution >= 4 is 0 Å². The smallest absolute Gasteiger partial charge is 0.0245 e. The molecule has 14 heavy (non-hydrogen) atoms. The lowest BCUT2D eigenvalue weighted by Crippen LogP contribution is -2.48. The standard InChI is InChI=1S/C10H22N2.C2H6/c1-11(2)9-7-5-6-8-10(9)12(3)4;1-2/h9-10H,5-8H2,1-4H3;1-2H3/t9-,10-;/m0./s1. The molecule has 2 nitrogen and oxygen atoms in total. The Balaban J connectivity index is 0.000000791. The zero-order valence-corrected chi connectivity index (χ0v) is 10.9. The highest BCUT2D eigenvalue weighted by Gasteiger charge is 2.27. The SMILES string of the molecule is CC.CN(C)[C@H]1CCCC[C@@H]1N(C)C. The Hall–Kier alpha value is -0.0800. The summed E-state index contributed by atoms with van der Waals surface area (Å²) in [5, 5.41) is 0. The van der Waals surface area contributed by atoms with Gasteiger partial charge in [-0.3, -0.25) is 0 Å². The number of hydrogen-bond acceptors (Lipinski definition) is 2. The van der Waals surface area contributed by atoms with Crippen LogP contribution in [0.25, 0.3) is 0 Å². The predicted octanol–water partition coefficient (Wildman–Crippen LogP) is 2.45. The van der Waals surface area contributed by atoms with Gasteiger partial charge in [-0.2, -0.15) is 0 Å². The third kappa shape index (κ3) is 3.97. The summed E-state index contributed by atoms with van der Waals surface area (Å²) in [6.07, 6.45) is 5.56. The van der Waals surface area contributed by atoms with E-state index in [4.69, 9.17) is 0 Å². The number of rotatable bonds is 2. The van der Waals surface area contributed by atoms with E-state index in [1.54, 1.807) is 0 Å². The minimum absolute atomic E-state index is 0.772. The molecule has 2 heteroatoms. The molecule has 0 saturated heterocycles. The van der Waals surface area contributed by atoms with E-state index in [1.165, 1.54) is 25.7 Å². The molecular formula is C12H28N2. The van der Waals surface area contributed by atoms with Crippen molar-refractivity contribution in [2.45, 2.75) is 51.6 Å². The van der Waals surface area contributed by atoms with Gasteiger partial charge in [0, 0.05) is 12.1 Å². The Morgan fingerprint density at radius 2 is 1.00 bits per heavy atom. The molecule has 1 rings (SSSR count). The van der Waals surface area contributed by atoms with E-state index in [1.807, 2.05) is 13.8 Å². The first-order chi connectivity index (χ1) is 6.63. The molecule has 1 aliphatic carbocycles. The van der Waals surface area contributed by atoms with Crippen molar-refractivity contribution in [3.05, 3.63) is 0 Å². The van der Waals surface area contributed by atoms with Gasteiger partial charge >= 0.3 is 0 Å². The van der Waals surface area contributed by atoms with E-state index in [2.05, 4.69) is 38.0 Å². The second kappa shape index (κ2) is 7.24. The molecule has 0 radical (unpaired) electrons. The number of nitrogens with zero attached hydrogens (tertiary/aromatic N) is 2. The van der Waals surface area contributed by atoms with Gasteiger partial charge in [-0.05, 0) is 41.0 Å². The van der Waals surface area contributed by atoms with Crippen LogP contribution in [0.2, 0.25) is 0 Å². The van der Waals surface area contributed by atoms with Gasteiger partial charge in [0.25, 0.3) is 0 Å².